The van der Waals surface area contributed by atoms with Crippen molar-refractivity contribution in [3.05, 3.63) is 28.8 Å². The van der Waals surface area contributed by atoms with Crippen LogP contribution in [0.25, 0.3) is 10.9 Å². The minimum Gasteiger partial charge on any atom is -0.397 e. The molecule has 0 saturated heterocycles. The number of aromatic amines is 1. The van der Waals surface area contributed by atoms with Crippen LogP contribution in [-0.2, 0) is 4.74 Å². The maximum atomic E-state index is 11.6. The quantitative estimate of drug-likeness (QED) is 0.707. The second-order valence-corrected chi connectivity index (χ2v) is 4.52. The molecule has 102 valence electrons. The standard InChI is InChI=1S/C13H18N4O2/c1-8(3-4-19-2)17-12-6-11-9(5-10(12)14)13(18)16-7-15-11/h5-8,17H,3-4,14H2,1-2H3,(H,15,16,18). The van der Waals surface area contributed by atoms with Gasteiger partial charge < -0.3 is 20.8 Å². The molecule has 1 aromatic heterocycles. The Hall–Kier alpha value is -2.08. The summed E-state index contributed by atoms with van der Waals surface area (Å²) >= 11 is 0. The summed E-state index contributed by atoms with van der Waals surface area (Å²) in [4.78, 5) is 18.3. The van der Waals surface area contributed by atoms with Crippen molar-refractivity contribution in [3.63, 3.8) is 0 Å². The third-order valence-corrected chi connectivity index (χ3v) is 2.97. The molecule has 0 fully saturated rings. The summed E-state index contributed by atoms with van der Waals surface area (Å²) in [6.45, 7) is 2.73. The maximum absolute atomic E-state index is 11.6. The molecule has 0 spiro atoms. The number of nitrogens with two attached hydrogens (primary N) is 1. The summed E-state index contributed by atoms with van der Waals surface area (Å²) in [5.41, 5.74) is 7.72. The van der Waals surface area contributed by atoms with Gasteiger partial charge in [-0.15, -0.1) is 0 Å². The summed E-state index contributed by atoms with van der Waals surface area (Å²) in [7, 11) is 1.67. The zero-order valence-electron chi connectivity index (χ0n) is 11.1. The molecule has 0 saturated carbocycles. The van der Waals surface area contributed by atoms with E-state index in [4.69, 9.17) is 10.5 Å². The molecule has 0 bridgehead atoms. The topological polar surface area (TPSA) is 93.0 Å². The zero-order valence-corrected chi connectivity index (χ0v) is 11.1. The largest absolute Gasteiger partial charge is 0.397 e. The number of benzene rings is 1. The molecule has 2 rings (SSSR count). The first kappa shape index (κ1) is 13.4. The number of nitrogens with one attached hydrogen (secondary N) is 2. The van der Waals surface area contributed by atoms with Gasteiger partial charge >= 0.3 is 0 Å². The van der Waals surface area contributed by atoms with Crippen molar-refractivity contribution in [1.82, 2.24) is 9.97 Å². The fourth-order valence-electron chi connectivity index (χ4n) is 1.89. The van der Waals surface area contributed by atoms with Gasteiger partial charge in [0.1, 0.15) is 0 Å². The highest BCUT2D eigenvalue weighted by molar-refractivity contribution is 5.88. The van der Waals surface area contributed by atoms with E-state index in [2.05, 4.69) is 15.3 Å². The van der Waals surface area contributed by atoms with Gasteiger partial charge in [0.2, 0.25) is 0 Å². The normalized spacial score (nSPS) is 12.5. The highest BCUT2D eigenvalue weighted by Crippen LogP contribution is 2.23. The third kappa shape index (κ3) is 3.03. The maximum Gasteiger partial charge on any atom is 0.258 e. The van der Waals surface area contributed by atoms with E-state index in [9.17, 15) is 4.79 Å². The molecule has 6 heteroatoms. The molecule has 0 amide bonds. The van der Waals surface area contributed by atoms with Crippen molar-refractivity contribution in [1.29, 1.82) is 0 Å². The SMILES string of the molecule is COCCC(C)Nc1cc2nc[nH]c(=O)c2cc1N. The summed E-state index contributed by atoms with van der Waals surface area (Å²) in [6.07, 6.45) is 2.26. The number of hydrogen-bond acceptors (Lipinski definition) is 5. The van der Waals surface area contributed by atoms with Crippen LogP contribution in [0.1, 0.15) is 13.3 Å². The van der Waals surface area contributed by atoms with Gasteiger partial charge in [0.05, 0.1) is 28.6 Å². The van der Waals surface area contributed by atoms with Crippen LogP contribution in [0.5, 0.6) is 0 Å². The van der Waals surface area contributed by atoms with Crippen LogP contribution in [0.4, 0.5) is 11.4 Å². The van der Waals surface area contributed by atoms with Crippen molar-refractivity contribution >= 4 is 22.3 Å². The number of aromatic nitrogens is 2. The van der Waals surface area contributed by atoms with Gasteiger partial charge in [-0.05, 0) is 25.5 Å². The Labute approximate surface area is 111 Å². The molecule has 6 nitrogen and oxygen atoms in total. The molecule has 0 aliphatic rings. The Morgan fingerprint density at radius 2 is 2.32 bits per heavy atom. The first-order valence-corrected chi connectivity index (χ1v) is 6.14. The van der Waals surface area contributed by atoms with E-state index in [-0.39, 0.29) is 11.6 Å². The van der Waals surface area contributed by atoms with Crippen LogP contribution in [0, 0.1) is 0 Å². The van der Waals surface area contributed by atoms with E-state index < -0.39 is 0 Å². The molecule has 1 atom stereocenters. The Kier molecular flexibility index (Phi) is 4.01. The highest BCUT2D eigenvalue weighted by atomic mass is 16.5. The van der Waals surface area contributed by atoms with Crippen molar-refractivity contribution in [3.8, 4) is 0 Å². The van der Waals surface area contributed by atoms with Crippen molar-refractivity contribution in [2.45, 2.75) is 19.4 Å². The number of rotatable bonds is 5. The highest BCUT2D eigenvalue weighted by Gasteiger charge is 2.08. The Morgan fingerprint density at radius 3 is 3.05 bits per heavy atom. The lowest BCUT2D eigenvalue weighted by Crippen LogP contribution is -2.18. The number of anilines is 2. The molecule has 0 radical (unpaired) electrons. The predicted molar refractivity (Wildman–Crippen MR) is 76.4 cm³/mol. The monoisotopic (exact) mass is 262 g/mol. The van der Waals surface area contributed by atoms with Crippen molar-refractivity contribution < 1.29 is 4.74 Å². The lowest BCUT2D eigenvalue weighted by molar-refractivity contribution is 0.191. The minimum atomic E-state index is -0.185. The van der Waals surface area contributed by atoms with Crippen LogP contribution >= 0.6 is 0 Å². The van der Waals surface area contributed by atoms with Gasteiger partial charge in [-0.2, -0.15) is 0 Å². The molecule has 4 N–H and O–H groups in total. The zero-order chi connectivity index (χ0) is 13.8. The second kappa shape index (κ2) is 5.71. The fraction of sp³-hybridized carbons (Fsp3) is 0.385. The molecule has 1 unspecified atom stereocenters. The summed E-state index contributed by atoms with van der Waals surface area (Å²) < 4.78 is 5.04. The number of ether oxygens (including phenoxy) is 1. The molecular formula is C13H18N4O2. The number of H-pyrrole nitrogens is 1. The Balaban J connectivity index is 2.29. The van der Waals surface area contributed by atoms with Gasteiger partial charge in [0.25, 0.3) is 5.56 Å². The molecule has 1 heterocycles. The van der Waals surface area contributed by atoms with Gasteiger partial charge in [0, 0.05) is 19.8 Å². The Morgan fingerprint density at radius 1 is 1.53 bits per heavy atom. The molecular weight excluding hydrogens is 244 g/mol. The van der Waals surface area contributed by atoms with Crippen molar-refractivity contribution in [2.75, 3.05) is 24.8 Å². The van der Waals surface area contributed by atoms with E-state index in [1.54, 1.807) is 19.2 Å². The number of fused-ring (bicyclic) bond motifs is 1. The molecule has 19 heavy (non-hydrogen) atoms. The smallest absolute Gasteiger partial charge is 0.258 e. The van der Waals surface area contributed by atoms with E-state index in [1.807, 2.05) is 6.92 Å². The average molecular weight is 262 g/mol. The van der Waals surface area contributed by atoms with Crippen LogP contribution < -0.4 is 16.6 Å². The van der Waals surface area contributed by atoms with Crippen LogP contribution in [0.15, 0.2) is 23.3 Å². The molecule has 0 aliphatic carbocycles. The first-order chi connectivity index (χ1) is 9.11. The number of methoxy groups -OCH3 is 1. The van der Waals surface area contributed by atoms with E-state index in [0.29, 0.717) is 23.2 Å². The second-order valence-electron chi connectivity index (χ2n) is 4.52. The summed E-state index contributed by atoms with van der Waals surface area (Å²) in [5, 5.41) is 3.79. The minimum absolute atomic E-state index is 0.185. The van der Waals surface area contributed by atoms with Crippen LogP contribution in [0.2, 0.25) is 0 Å². The van der Waals surface area contributed by atoms with Gasteiger partial charge in [-0.25, -0.2) is 4.98 Å². The Bertz CT molecular complexity index is 624. The number of hydrogen-bond donors (Lipinski definition) is 3. The predicted octanol–water partition coefficient (Wildman–Crippen LogP) is 1.34. The van der Waals surface area contributed by atoms with E-state index >= 15 is 0 Å². The van der Waals surface area contributed by atoms with Gasteiger partial charge in [0.15, 0.2) is 0 Å². The lowest BCUT2D eigenvalue weighted by atomic mass is 10.1. The van der Waals surface area contributed by atoms with E-state index in [0.717, 1.165) is 12.1 Å². The van der Waals surface area contributed by atoms with Crippen LogP contribution in [-0.4, -0.2) is 29.7 Å². The first-order valence-electron chi connectivity index (χ1n) is 6.14. The van der Waals surface area contributed by atoms with Gasteiger partial charge in [-0.3, -0.25) is 4.79 Å². The van der Waals surface area contributed by atoms with Crippen LogP contribution in [0.3, 0.4) is 0 Å². The molecule has 2 aromatic rings. The fourth-order valence-corrected chi connectivity index (χ4v) is 1.89. The van der Waals surface area contributed by atoms with Crippen molar-refractivity contribution in [2.24, 2.45) is 0 Å². The molecule has 1 aromatic carbocycles. The lowest BCUT2D eigenvalue weighted by Gasteiger charge is -2.16. The summed E-state index contributed by atoms with van der Waals surface area (Å²) in [6, 6.07) is 3.66. The van der Waals surface area contributed by atoms with Gasteiger partial charge in [-0.1, -0.05) is 0 Å². The molecule has 0 aliphatic heterocycles. The van der Waals surface area contributed by atoms with E-state index in [1.165, 1.54) is 6.33 Å². The third-order valence-electron chi connectivity index (χ3n) is 2.97. The average Bonchev–Trinajstić information content (AvgIpc) is 2.38. The number of nitrogen functional groups attached to an aromatic ring is 1. The number of nitrogens with zero attached hydrogens (tertiary/aromatic N) is 1. The summed E-state index contributed by atoms with van der Waals surface area (Å²) in [5.74, 6) is 0.